The molecule has 0 unspecified atom stereocenters. The van der Waals surface area contributed by atoms with E-state index in [9.17, 15) is 4.79 Å². The van der Waals surface area contributed by atoms with Crippen LogP contribution in [0.1, 0.15) is 36.5 Å². The Hall–Kier alpha value is -2.75. The van der Waals surface area contributed by atoms with E-state index >= 15 is 0 Å². The zero-order chi connectivity index (χ0) is 15.5. The first-order valence-electron chi connectivity index (χ1n) is 7.25. The molecular formula is C18H17N3O. The van der Waals surface area contributed by atoms with Crippen molar-refractivity contribution in [2.24, 2.45) is 4.99 Å². The number of hydrogen-bond acceptors (Lipinski definition) is 3. The van der Waals surface area contributed by atoms with Gasteiger partial charge < -0.3 is 5.32 Å². The minimum atomic E-state index is -0.181. The zero-order valence-electron chi connectivity index (χ0n) is 12.6. The molecule has 1 aliphatic heterocycles. The molecule has 0 bridgehead atoms. The van der Waals surface area contributed by atoms with E-state index in [1.807, 2.05) is 24.3 Å². The predicted octanol–water partition coefficient (Wildman–Crippen LogP) is 3.12. The second-order valence-electron chi connectivity index (χ2n) is 5.50. The number of carbonyl (C=O) groups excluding carboxylic acids is 1. The van der Waals surface area contributed by atoms with Crippen molar-refractivity contribution in [1.82, 2.24) is 10.3 Å². The van der Waals surface area contributed by atoms with Gasteiger partial charge in [-0.25, -0.2) is 4.99 Å². The fourth-order valence-electron chi connectivity index (χ4n) is 2.25. The molecule has 1 aromatic carbocycles. The molecule has 2 heterocycles. The van der Waals surface area contributed by atoms with E-state index < -0.39 is 0 Å². The van der Waals surface area contributed by atoms with E-state index in [1.165, 1.54) is 5.56 Å². The number of amidine groups is 1. The van der Waals surface area contributed by atoms with Crippen molar-refractivity contribution < 1.29 is 4.79 Å². The number of aliphatic imine (C=N–C) groups is 1. The molecule has 0 saturated heterocycles. The summed E-state index contributed by atoms with van der Waals surface area (Å²) < 4.78 is 0. The number of benzene rings is 1. The number of pyridine rings is 1. The third kappa shape index (κ3) is 2.96. The Kier molecular flexibility index (Phi) is 3.83. The molecule has 22 heavy (non-hydrogen) atoms. The number of nitrogens with one attached hydrogen (secondary N) is 1. The van der Waals surface area contributed by atoms with Crippen LogP contribution in [0.5, 0.6) is 0 Å². The number of aromatic nitrogens is 1. The molecule has 110 valence electrons. The minimum absolute atomic E-state index is 0.181. The number of carbonyl (C=O) groups is 1. The highest BCUT2D eigenvalue weighted by Crippen LogP contribution is 2.18. The van der Waals surface area contributed by atoms with Crippen LogP contribution in [0.15, 0.2) is 59.5 Å². The van der Waals surface area contributed by atoms with Crippen LogP contribution in [0.4, 0.5) is 0 Å². The van der Waals surface area contributed by atoms with Gasteiger partial charge in [-0.15, -0.1) is 0 Å². The summed E-state index contributed by atoms with van der Waals surface area (Å²) >= 11 is 0. The Balaban J connectivity index is 1.87. The van der Waals surface area contributed by atoms with Crippen LogP contribution in [-0.4, -0.2) is 16.7 Å². The van der Waals surface area contributed by atoms with Gasteiger partial charge in [0.25, 0.3) is 5.91 Å². The summed E-state index contributed by atoms with van der Waals surface area (Å²) in [5, 5.41) is 2.79. The third-order valence-corrected chi connectivity index (χ3v) is 3.56. The van der Waals surface area contributed by atoms with Gasteiger partial charge in [-0.1, -0.05) is 38.1 Å². The summed E-state index contributed by atoms with van der Waals surface area (Å²) in [6.07, 6.45) is 5.15. The minimum Gasteiger partial charge on any atom is -0.305 e. The van der Waals surface area contributed by atoms with Gasteiger partial charge in [-0.2, -0.15) is 0 Å². The average molecular weight is 291 g/mol. The lowest BCUT2D eigenvalue weighted by Crippen LogP contribution is -2.24. The van der Waals surface area contributed by atoms with E-state index in [1.54, 1.807) is 18.5 Å². The number of hydrogen-bond donors (Lipinski definition) is 1. The second-order valence-corrected chi connectivity index (χ2v) is 5.50. The third-order valence-electron chi connectivity index (χ3n) is 3.56. The van der Waals surface area contributed by atoms with Gasteiger partial charge >= 0.3 is 0 Å². The quantitative estimate of drug-likeness (QED) is 0.883. The first-order valence-corrected chi connectivity index (χ1v) is 7.25. The molecule has 3 rings (SSSR count). The number of amides is 1. The molecular weight excluding hydrogens is 274 g/mol. The Morgan fingerprint density at radius 1 is 1.05 bits per heavy atom. The number of rotatable bonds is 3. The van der Waals surface area contributed by atoms with Crippen LogP contribution in [0, 0.1) is 0 Å². The van der Waals surface area contributed by atoms with Crippen molar-refractivity contribution in [1.29, 1.82) is 0 Å². The predicted molar refractivity (Wildman–Crippen MR) is 87.4 cm³/mol. The van der Waals surface area contributed by atoms with E-state index in [0.717, 1.165) is 11.1 Å². The van der Waals surface area contributed by atoms with Gasteiger partial charge in [-0.3, -0.25) is 9.78 Å². The van der Waals surface area contributed by atoms with E-state index in [0.29, 0.717) is 17.5 Å². The normalized spacial score (nSPS) is 16.0. The molecule has 0 atom stereocenters. The van der Waals surface area contributed by atoms with Crippen molar-refractivity contribution in [2.75, 3.05) is 0 Å². The van der Waals surface area contributed by atoms with Gasteiger partial charge in [0.2, 0.25) is 0 Å². The lowest BCUT2D eigenvalue weighted by Gasteiger charge is -2.04. The van der Waals surface area contributed by atoms with Crippen LogP contribution in [0.2, 0.25) is 0 Å². The SMILES string of the molecule is CC(C)c1ccc(/C=C2/N=C(c3ccncc3)NC2=O)cc1. The summed E-state index contributed by atoms with van der Waals surface area (Å²) in [6.45, 7) is 4.31. The maximum atomic E-state index is 12.0. The standard InChI is InChI=1S/C18H17N3O/c1-12(2)14-5-3-13(4-6-14)11-16-18(22)21-17(20-16)15-7-9-19-10-8-15/h3-12H,1-2H3,(H,20,21,22)/b16-11+. The Bertz CT molecular complexity index is 744. The lowest BCUT2D eigenvalue weighted by atomic mass is 10.0. The summed E-state index contributed by atoms with van der Waals surface area (Å²) in [6, 6.07) is 11.8. The smallest absolute Gasteiger partial charge is 0.275 e. The molecule has 1 aromatic heterocycles. The molecule has 0 aliphatic carbocycles. The molecule has 1 amide bonds. The summed E-state index contributed by atoms with van der Waals surface area (Å²) in [5.41, 5.74) is 3.51. The van der Waals surface area contributed by atoms with Crippen molar-refractivity contribution in [2.45, 2.75) is 19.8 Å². The van der Waals surface area contributed by atoms with Crippen LogP contribution in [0.25, 0.3) is 6.08 Å². The Morgan fingerprint density at radius 3 is 2.36 bits per heavy atom. The molecule has 4 heteroatoms. The monoisotopic (exact) mass is 291 g/mol. The summed E-state index contributed by atoms with van der Waals surface area (Å²) in [7, 11) is 0. The molecule has 0 radical (unpaired) electrons. The largest absolute Gasteiger partial charge is 0.305 e. The van der Waals surface area contributed by atoms with Crippen molar-refractivity contribution in [3.63, 3.8) is 0 Å². The first kappa shape index (κ1) is 14.2. The summed E-state index contributed by atoms with van der Waals surface area (Å²) in [5.74, 6) is 0.880. The van der Waals surface area contributed by atoms with E-state index in [2.05, 4.69) is 41.3 Å². The van der Waals surface area contributed by atoms with Crippen LogP contribution < -0.4 is 5.32 Å². The number of nitrogens with zero attached hydrogens (tertiary/aromatic N) is 2. The van der Waals surface area contributed by atoms with Gasteiger partial charge in [-0.05, 0) is 35.3 Å². The van der Waals surface area contributed by atoms with Gasteiger partial charge in [0, 0.05) is 18.0 Å². The topological polar surface area (TPSA) is 54.4 Å². The second kappa shape index (κ2) is 5.93. The average Bonchev–Trinajstić information content (AvgIpc) is 2.90. The zero-order valence-corrected chi connectivity index (χ0v) is 12.6. The summed E-state index contributed by atoms with van der Waals surface area (Å²) in [4.78, 5) is 20.4. The molecule has 0 spiro atoms. The Labute approximate surface area is 129 Å². The molecule has 2 aromatic rings. The lowest BCUT2D eigenvalue weighted by molar-refractivity contribution is -0.115. The fraction of sp³-hybridized carbons (Fsp3) is 0.167. The van der Waals surface area contributed by atoms with Crippen LogP contribution >= 0.6 is 0 Å². The van der Waals surface area contributed by atoms with Crippen molar-refractivity contribution >= 4 is 17.8 Å². The van der Waals surface area contributed by atoms with Crippen LogP contribution in [0.3, 0.4) is 0 Å². The molecule has 0 fully saturated rings. The highest BCUT2D eigenvalue weighted by Gasteiger charge is 2.20. The van der Waals surface area contributed by atoms with E-state index in [-0.39, 0.29) is 5.91 Å². The maximum absolute atomic E-state index is 12.0. The van der Waals surface area contributed by atoms with Gasteiger partial charge in [0.15, 0.2) is 0 Å². The molecule has 1 N–H and O–H groups in total. The molecule has 4 nitrogen and oxygen atoms in total. The molecule has 1 aliphatic rings. The Morgan fingerprint density at radius 2 is 1.73 bits per heavy atom. The first-order chi connectivity index (χ1) is 10.6. The highest BCUT2D eigenvalue weighted by atomic mass is 16.2. The van der Waals surface area contributed by atoms with Crippen molar-refractivity contribution in [3.05, 3.63) is 71.2 Å². The highest BCUT2D eigenvalue weighted by molar-refractivity contribution is 6.19. The van der Waals surface area contributed by atoms with Gasteiger partial charge in [0.1, 0.15) is 11.5 Å². The van der Waals surface area contributed by atoms with Gasteiger partial charge in [0.05, 0.1) is 0 Å². The maximum Gasteiger partial charge on any atom is 0.275 e. The van der Waals surface area contributed by atoms with Crippen LogP contribution in [-0.2, 0) is 4.79 Å². The van der Waals surface area contributed by atoms with Crippen molar-refractivity contribution in [3.8, 4) is 0 Å². The fourth-order valence-corrected chi connectivity index (χ4v) is 2.25. The van der Waals surface area contributed by atoms with E-state index in [4.69, 9.17) is 0 Å². The molecule has 0 saturated carbocycles.